The van der Waals surface area contributed by atoms with Gasteiger partial charge in [0.25, 0.3) is 5.91 Å². The molecule has 0 saturated carbocycles. The van der Waals surface area contributed by atoms with Crippen molar-refractivity contribution in [3.8, 4) is 0 Å². The molecule has 0 radical (unpaired) electrons. The highest BCUT2D eigenvalue weighted by Gasteiger charge is 2.07. The predicted molar refractivity (Wildman–Crippen MR) is 60.1 cm³/mol. The number of nitrogens with zero attached hydrogens (tertiary/aromatic N) is 1. The van der Waals surface area contributed by atoms with Crippen LogP contribution in [-0.4, -0.2) is 23.7 Å². The van der Waals surface area contributed by atoms with E-state index in [0.717, 1.165) is 0 Å². The lowest BCUT2D eigenvalue weighted by molar-refractivity contribution is -0.107. The molecule has 0 atom stereocenters. The molecule has 0 aliphatic rings. The standard InChI is InChI=1S/C12H9FN2O2/c13-9-2-4-10-8(7-9)1-3-11(15-10)12(17)14-5-6-16/h1-4,6-7H,5H2,(H,14,17). The lowest BCUT2D eigenvalue weighted by Crippen LogP contribution is -2.25. The predicted octanol–water partition coefficient (Wildman–Crippen LogP) is 1.30. The maximum absolute atomic E-state index is 12.9. The summed E-state index contributed by atoms with van der Waals surface area (Å²) in [5, 5.41) is 3.00. The molecule has 2 rings (SSSR count). The number of fused-ring (bicyclic) bond motifs is 1. The fourth-order valence-corrected chi connectivity index (χ4v) is 1.45. The quantitative estimate of drug-likeness (QED) is 0.811. The number of pyridine rings is 1. The van der Waals surface area contributed by atoms with Crippen molar-refractivity contribution in [1.82, 2.24) is 10.3 Å². The minimum absolute atomic E-state index is 0.0536. The number of rotatable bonds is 3. The number of hydrogen-bond donors (Lipinski definition) is 1. The first-order chi connectivity index (χ1) is 8.20. The Labute approximate surface area is 96.5 Å². The van der Waals surface area contributed by atoms with Crippen molar-refractivity contribution in [3.05, 3.63) is 41.8 Å². The van der Waals surface area contributed by atoms with Gasteiger partial charge in [0.1, 0.15) is 17.8 Å². The molecule has 17 heavy (non-hydrogen) atoms. The fraction of sp³-hybridized carbons (Fsp3) is 0.0833. The first-order valence-corrected chi connectivity index (χ1v) is 4.99. The van der Waals surface area contributed by atoms with Gasteiger partial charge in [0.05, 0.1) is 12.1 Å². The van der Waals surface area contributed by atoms with E-state index in [1.807, 2.05) is 0 Å². The molecule has 1 aromatic heterocycles. The molecule has 0 aliphatic carbocycles. The lowest BCUT2D eigenvalue weighted by Gasteiger charge is -2.02. The summed E-state index contributed by atoms with van der Waals surface area (Å²) in [4.78, 5) is 25.7. The Morgan fingerprint density at radius 1 is 1.35 bits per heavy atom. The Kier molecular flexibility index (Phi) is 3.09. The fourth-order valence-electron chi connectivity index (χ4n) is 1.45. The Bertz CT molecular complexity index is 584. The van der Waals surface area contributed by atoms with E-state index in [2.05, 4.69) is 10.3 Å². The molecule has 0 aliphatic heterocycles. The normalized spacial score (nSPS) is 10.2. The summed E-state index contributed by atoms with van der Waals surface area (Å²) in [5.74, 6) is -0.777. The van der Waals surface area contributed by atoms with Gasteiger partial charge >= 0.3 is 0 Å². The van der Waals surface area contributed by atoms with Crippen molar-refractivity contribution in [2.24, 2.45) is 0 Å². The van der Waals surface area contributed by atoms with Gasteiger partial charge in [0, 0.05) is 5.39 Å². The van der Waals surface area contributed by atoms with Gasteiger partial charge in [-0.25, -0.2) is 9.37 Å². The van der Waals surface area contributed by atoms with Crippen LogP contribution in [0.4, 0.5) is 4.39 Å². The molecule has 1 heterocycles. The average molecular weight is 232 g/mol. The smallest absolute Gasteiger partial charge is 0.270 e. The van der Waals surface area contributed by atoms with E-state index >= 15 is 0 Å². The highest BCUT2D eigenvalue weighted by Crippen LogP contribution is 2.13. The van der Waals surface area contributed by atoms with E-state index in [4.69, 9.17) is 0 Å². The topological polar surface area (TPSA) is 59.1 Å². The average Bonchev–Trinajstić information content (AvgIpc) is 2.35. The Morgan fingerprint density at radius 3 is 2.94 bits per heavy atom. The summed E-state index contributed by atoms with van der Waals surface area (Å²) in [6.07, 6.45) is 0.592. The van der Waals surface area contributed by atoms with Crippen molar-refractivity contribution in [3.63, 3.8) is 0 Å². The van der Waals surface area contributed by atoms with Gasteiger partial charge in [0.15, 0.2) is 0 Å². The lowest BCUT2D eigenvalue weighted by atomic mass is 10.2. The third-order valence-electron chi connectivity index (χ3n) is 2.23. The number of carbonyl (C=O) groups is 2. The second-order valence-electron chi connectivity index (χ2n) is 3.41. The van der Waals surface area contributed by atoms with Gasteiger partial charge < -0.3 is 10.1 Å². The summed E-state index contributed by atoms with van der Waals surface area (Å²) in [5.41, 5.74) is 0.733. The third-order valence-corrected chi connectivity index (χ3v) is 2.23. The van der Waals surface area contributed by atoms with Crippen LogP contribution >= 0.6 is 0 Å². The van der Waals surface area contributed by atoms with Crippen molar-refractivity contribution < 1.29 is 14.0 Å². The molecule has 1 N–H and O–H groups in total. The number of amides is 1. The van der Waals surface area contributed by atoms with Gasteiger partial charge in [-0.15, -0.1) is 0 Å². The summed E-state index contributed by atoms with van der Waals surface area (Å²) < 4.78 is 12.9. The Balaban J connectivity index is 2.34. The molecule has 0 spiro atoms. The Hall–Kier alpha value is -2.30. The highest BCUT2D eigenvalue weighted by molar-refractivity contribution is 5.95. The first-order valence-electron chi connectivity index (χ1n) is 4.99. The number of aromatic nitrogens is 1. The van der Waals surface area contributed by atoms with Crippen LogP contribution in [0, 0.1) is 5.82 Å². The van der Waals surface area contributed by atoms with Crippen molar-refractivity contribution in [2.45, 2.75) is 0 Å². The minimum Gasteiger partial charge on any atom is -0.344 e. The number of benzene rings is 1. The van der Waals surface area contributed by atoms with Gasteiger partial charge in [-0.05, 0) is 24.3 Å². The molecule has 4 nitrogen and oxygen atoms in total. The van der Waals surface area contributed by atoms with Crippen LogP contribution in [-0.2, 0) is 4.79 Å². The van der Waals surface area contributed by atoms with Gasteiger partial charge in [-0.3, -0.25) is 4.79 Å². The van der Waals surface area contributed by atoms with Crippen molar-refractivity contribution >= 4 is 23.1 Å². The zero-order chi connectivity index (χ0) is 12.3. The number of halogens is 1. The molecule has 0 fully saturated rings. The van der Waals surface area contributed by atoms with Crippen LogP contribution in [0.25, 0.3) is 10.9 Å². The van der Waals surface area contributed by atoms with Crippen LogP contribution in [0.3, 0.4) is 0 Å². The highest BCUT2D eigenvalue weighted by atomic mass is 19.1. The van der Waals surface area contributed by atoms with Gasteiger partial charge in [0.2, 0.25) is 0 Å². The zero-order valence-corrected chi connectivity index (χ0v) is 8.81. The molecular weight excluding hydrogens is 223 g/mol. The van der Waals surface area contributed by atoms with E-state index in [1.54, 1.807) is 6.07 Å². The minimum atomic E-state index is -0.427. The van der Waals surface area contributed by atoms with Crippen LogP contribution < -0.4 is 5.32 Å². The summed E-state index contributed by atoms with van der Waals surface area (Å²) in [6, 6.07) is 7.22. The zero-order valence-electron chi connectivity index (χ0n) is 8.81. The van der Waals surface area contributed by atoms with E-state index in [0.29, 0.717) is 17.2 Å². The maximum atomic E-state index is 12.9. The molecule has 1 amide bonds. The summed E-state index contributed by atoms with van der Waals surface area (Å²) in [6.45, 7) is -0.0536. The summed E-state index contributed by atoms with van der Waals surface area (Å²) >= 11 is 0. The van der Waals surface area contributed by atoms with E-state index in [1.165, 1.54) is 24.3 Å². The molecule has 1 aromatic carbocycles. The number of aldehydes is 1. The van der Waals surface area contributed by atoms with E-state index in [9.17, 15) is 14.0 Å². The van der Waals surface area contributed by atoms with Crippen molar-refractivity contribution in [1.29, 1.82) is 0 Å². The molecule has 0 bridgehead atoms. The second kappa shape index (κ2) is 4.69. The molecule has 0 unspecified atom stereocenters. The SMILES string of the molecule is O=CCNC(=O)c1ccc2cc(F)ccc2n1. The van der Waals surface area contributed by atoms with Gasteiger partial charge in [-0.2, -0.15) is 0 Å². The second-order valence-corrected chi connectivity index (χ2v) is 3.41. The van der Waals surface area contributed by atoms with E-state index < -0.39 is 5.91 Å². The number of carbonyl (C=O) groups excluding carboxylic acids is 2. The molecular formula is C12H9FN2O2. The number of hydrogen-bond acceptors (Lipinski definition) is 3. The molecule has 86 valence electrons. The molecule has 5 heteroatoms. The van der Waals surface area contributed by atoms with Gasteiger partial charge in [-0.1, -0.05) is 6.07 Å². The van der Waals surface area contributed by atoms with Crippen LogP contribution in [0.2, 0.25) is 0 Å². The van der Waals surface area contributed by atoms with E-state index in [-0.39, 0.29) is 18.1 Å². The molecule has 0 saturated heterocycles. The Morgan fingerprint density at radius 2 is 2.18 bits per heavy atom. The van der Waals surface area contributed by atoms with Crippen molar-refractivity contribution in [2.75, 3.05) is 6.54 Å². The summed E-state index contributed by atoms with van der Waals surface area (Å²) in [7, 11) is 0. The van der Waals surface area contributed by atoms with Crippen LogP contribution in [0.1, 0.15) is 10.5 Å². The van der Waals surface area contributed by atoms with Crippen LogP contribution in [0.5, 0.6) is 0 Å². The maximum Gasteiger partial charge on any atom is 0.270 e. The first kappa shape index (κ1) is 11.2. The largest absolute Gasteiger partial charge is 0.344 e. The molecule has 2 aromatic rings. The monoisotopic (exact) mass is 232 g/mol. The number of nitrogens with one attached hydrogen (secondary N) is 1. The van der Waals surface area contributed by atoms with Crippen LogP contribution in [0.15, 0.2) is 30.3 Å². The third kappa shape index (κ3) is 2.44.